The number of nitrogens with zero attached hydrogens (tertiary/aromatic N) is 1. The fourth-order valence-corrected chi connectivity index (χ4v) is 2.24. The molecule has 0 aliphatic carbocycles. The van der Waals surface area contributed by atoms with E-state index in [1.165, 1.54) is 6.07 Å². The molecular formula is C12H15ClFN3O. The van der Waals surface area contributed by atoms with E-state index in [-0.39, 0.29) is 5.82 Å². The molecule has 2 rings (SSSR count). The van der Waals surface area contributed by atoms with Crippen LogP contribution in [0.4, 0.5) is 4.39 Å². The number of halogens is 2. The summed E-state index contributed by atoms with van der Waals surface area (Å²) in [6, 6.07) is 4.16. The third-order valence-corrected chi connectivity index (χ3v) is 3.31. The van der Waals surface area contributed by atoms with E-state index in [1.54, 1.807) is 12.1 Å². The van der Waals surface area contributed by atoms with Crippen LogP contribution in [-0.4, -0.2) is 36.5 Å². The van der Waals surface area contributed by atoms with Crippen molar-refractivity contribution in [3.8, 4) is 0 Å². The summed E-state index contributed by atoms with van der Waals surface area (Å²) in [5.41, 5.74) is 5.86. The maximum atomic E-state index is 13.7. The zero-order valence-electron chi connectivity index (χ0n) is 9.83. The van der Waals surface area contributed by atoms with E-state index in [1.807, 2.05) is 4.90 Å². The molecule has 98 valence electrons. The summed E-state index contributed by atoms with van der Waals surface area (Å²) < 4.78 is 13.7. The van der Waals surface area contributed by atoms with Crippen LogP contribution < -0.4 is 11.1 Å². The Kier molecular flexibility index (Phi) is 4.16. The van der Waals surface area contributed by atoms with Crippen LogP contribution >= 0.6 is 11.6 Å². The first-order valence-corrected chi connectivity index (χ1v) is 6.14. The van der Waals surface area contributed by atoms with E-state index in [0.717, 1.165) is 6.54 Å². The molecule has 1 heterocycles. The fraction of sp³-hybridized carbons (Fsp3) is 0.417. The van der Waals surface area contributed by atoms with Gasteiger partial charge in [-0.25, -0.2) is 4.39 Å². The Hall–Kier alpha value is -1.17. The minimum absolute atomic E-state index is 0.357. The SMILES string of the molecule is NC(=O)C1CNCCN1Cc1ccc(Cl)cc1F. The highest BCUT2D eigenvalue weighted by molar-refractivity contribution is 6.30. The summed E-state index contributed by atoms with van der Waals surface area (Å²) in [5.74, 6) is -0.749. The Morgan fingerprint density at radius 1 is 1.61 bits per heavy atom. The van der Waals surface area contributed by atoms with Gasteiger partial charge in [0.1, 0.15) is 11.9 Å². The zero-order chi connectivity index (χ0) is 13.1. The molecule has 1 saturated heterocycles. The molecule has 1 aromatic rings. The fourth-order valence-electron chi connectivity index (χ4n) is 2.08. The molecule has 1 aromatic carbocycles. The van der Waals surface area contributed by atoms with Gasteiger partial charge in [0, 0.05) is 36.8 Å². The first-order chi connectivity index (χ1) is 8.58. The molecule has 1 aliphatic heterocycles. The lowest BCUT2D eigenvalue weighted by Gasteiger charge is -2.34. The number of nitrogens with one attached hydrogen (secondary N) is 1. The molecule has 3 N–H and O–H groups in total. The van der Waals surface area contributed by atoms with E-state index in [0.29, 0.717) is 30.2 Å². The Bertz CT molecular complexity index is 455. The number of amides is 1. The summed E-state index contributed by atoms with van der Waals surface area (Å²) in [6.07, 6.45) is 0. The van der Waals surface area contributed by atoms with E-state index in [4.69, 9.17) is 17.3 Å². The molecule has 0 radical (unpaired) electrons. The van der Waals surface area contributed by atoms with Crippen molar-refractivity contribution in [2.24, 2.45) is 5.73 Å². The molecule has 6 heteroatoms. The van der Waals surface area contributed by atoms with Gasteiger partial charge in [-0.1, -0.05) is 17.7 Å². The van der Waals surface area contributed by atoms with Crippen molar-refractivity contribution in [1.82, 2.24) is 10.2 Å². The molecular weight excluding hydrogens is 257 g/mol. The van der Waals surface area contributed by atoms with E-state index in [9.17, 15) is 9.18 Å². The van der Waals surface area contributed by atoms with Gasteiger partial charge in [0.2, 0.25) is 5.91 Å². The van der Waals surface area contributed by atoms with E-state index < -0.39 is 11.9 Å². The number of nitrogens with two attached hydrogens (primary N) is 1. The minimum atomic E-state index is -0.395. The maximum Gasteiger partial charge on any atom is 0.236 e. The van der Waals surface area contributed by atoms with Gasteiger partial charge in [-0.2, -0.15) is 0 Å². The van der Waals surface area contributed by atoms with Gasteiger partial charge in [0.15, 0.2) is 0 Å². The minimum Gasteiger partial charge on any atom is -0.368 e. The van der Waals surface area contributed by atoms with Crippen LogP contribution in [0.2, 0.25) is 5.02 Å². The smallest absolute Gasteiger partial charge is 0.236 e. The molecule has 0 aromatic heterocycles. The largest absolute Gasteiger partial charge is 0.368 e. The van der Waals surface area contributed by atoms with Crippen molar-refractivity contribution in [3.63, 3.8) is 0 Å². The summed E-state index contributed by atoms with van der Waals surface area (Å²) in [4.78, 5) is 13.2. The second kappa shape index (κ2) is 5.65. The van der Waals surface area contributed by atoms with Crippen LogP contribution in [0.25, 0.3) is 0 Å². The van der Waals surface area contributed by atoms with Gasteiger partial charge in [-0.15, -0.1) is 0 Å². The predicted octanol–water partition coefficient (Wildman–Crippen LogP) is 0.738. The average Bonchev–Trinajstić information content (AvgIpc) is 2.33. The van der Waals surface area contributed by atoms with Gasteiger partial charge in [-0.05, 0) is 12.1 Å². The number of hydrogen-bond acceptors (Lipinski definition) is 3. The highest BCUT2D eigenvalue weighted by Crippen LogP contribution is 2.17. The normalized spacial score (nSPS) is 20.9. The summed E-state index contributed by atoms with van der Waals surface area (Å²) in [5, 5.41) is 3.46. The first kappa shape index (κ1) is 13.3. The third kappa shape index (κ3) is 2.98. The van der Waals surface area contributed by atoms with Crippen molar-refractivity contribution in [3.05, 3.63) is 34.6 Å². The molecule has 0 bridgehead atoms. The lowest BCUT2D eigenvalue weighted by Crippen LogP contribution is -2.56. The van der Waals surface area contributed by atoms with Crippen molar-refractivity contribution < 1.29 is 9.18 Å². The highest BCUT2D eigenvalue weighted by Gasteiger charge is 2.27. The van der Waals surface area contributed by atoms with Gasteiger partial charge < -0.3 is 11.1 Å². The molecule has 1 atom stereocenters. The molecule has 0 saturated carbocycles. The highest BCUT2D eigenvalue weighted by atomic mass is 35.5. The number of carbonyl (C=O) groups is 1. The van der Waals surface area contributed by atoms with Crippen molar-refractivity contribution >= 4 is 17.5 Å². The van der Waals surface area contributed by atoms with Crippen LogP contribution in [0.15, 0.2) is 18.2 Å². The lowest BCUT2D eigenvalue weighted by molar-refractivity contribution is -0.124. The van der Waals surface area contributed by atoms with Crippen LogP contribution in [0, 0.1) is 5.82 Å². The molecule has 1 unspecified atom stereocenters. The lowest BCUT2D eigenvalue weighted by atomic mass is 10.1. The van der Waals surface area contributed by atoms with Crippen molar-refractivity contribution in [1.29, 1.82) is 0 Å². The van der Waals surface area contributed by atoms with Crippen molar-refractivity contribution in [2.45, 2.75) is 12.6 Å². The second-order valence-corrected chi connectivity index (χ2v) is 4.76. The Morgan fingerprint density at radius 2 is 2.39 bits per heavy atom. The number of benzene rings is 1. The number of hydrogen-bond donors (Lipinski definition) is 2. The number of piperazine rings is 1. The standard InChI is InChI=1S/C12H15ClFN3O/c13-9-2-1-8(10(14)5-9)7-17-4-3-16-6-11(17)12(15)18/h1-2,5,11,16H,3-4,6-7H2,(H2,15,18). The Balaban J connectivity index is 2.13. The molecule has 1 aliphatic rings. The van der Waals surface area contributed by atoms with E-state index in [2.05, 4.69) is 5.32 Å². The van der Waals surface area contributed by atoms with Crippen LogP contribution in [-0.2, 0) is 11.3 Å². The Labute approximate surface area is 110 Å². The number of primary amides is 1. The molecule has 4 nitrogen and oxygen atoms in total. The maximum absolute atomic E-state index is 13.7. The zero-order valence-corrected chi connectivity index (χ0v) is 10.6. The van der Waals surface area contributed by atoms with Gasteiger partial charge >= 0.3 is 0 Å². The summed E-state index contributed by atoms with van der Waals surface area (Å²) in [7, 11) is 0. The Morgan fingerprint density at radius 3 is 3.06 bits per heavy atom. The van der Waals surface area contributed by atoms with Gasteiger partial charge in [0.05, 0.1) is 0 Å². The van der Waals surface area contributed by atoms with Crippen molar-refractivity contribution in [2.75, 3.05) is 19.6 Å². The molecule has 1 fully saturated rings. The van der Waals surface area contributed by atoms with Gasteiger partial charge in [-0.3, -0.25) is 9.69 Å². The van der Waals surface area contributed by atoms with Gasteiger partial charge in [0.25, 0.3) is 0 Å². The monoisotopic (exact) mass is 271 g/mol. The quantitative estimate of drug-likeness (QED) is 0.853. The molecule has 0 spiro atoms. The molecule has 18 heavy (non-hydrogen) atoms. The average molecular weight is 272 g/mol. The number of rotatable bonds is 3. The van der Waals surface area contributed by atoms with Crippen LogP contribution in [0.3, 0.4) is 0 Å². The topological polar surface area (TPSA) is 58.4 Å². The third-order valence-electron chi connectivity index (χ3n) is 3.07. The first-order valence-electron chi connectivity index (χ1n) is 5.76. The predicted molar refractivity (Wildman–Crippen MR) is 67.7 cm³/mol. The summed E-state index contributed by atoms with van der Waals surface area (Å²) in [6.45, 7) is 2.29. The van der Waals surface area contributed by atoms with Crippen LogP contribution in [0.5, 0.6) is 0 Å². The summed E-state index contributed by atoms with van der Waals surface area (Å²) >= 11 is 5.70. The van der Waals surface area contributed by atoms with Crippen LogP contribution in [0.1, 0.15) is 5.56 Å². The second-order valence-electron chi connectivity index (χ2n) is 4.33. The molecule has 1 amide bonds. The van der Waals surface area contributed by atoms with E-state index >= 15 is 0 Å². The number of carbonyl (C=O) groups excluding carboxylic acids is 1.